The van der Waals surface area contributed by atoms with Gasteiger partial charge in [0.2, 0.25) is 0 Å². The van der Waals surface area contributed by atoms with Crippen LogP contribution in [-0.4, -0.2) is 14.7 Å². The summed E-state index contributed by atoms with van der Waals surface area (Å²) in [6.07, 6.45) is 3.07. The zero-order valence-corrected chi connectivity index (χ0v) is 10.8. The Bertz CT molecular complexity index is 505. The summed E-state index contributed by atoms with van der Waals surface area (Å²) in [5, 5.41) is 11.2. The summed E-state index contributed by atoms with van der Waals surface area (Å²) in [6, 6.07) is 5.29. The lowest BCUT2D eigenvalue weighted by Gasteiger charge is -2.12. The minimum absolute atomic E-state index is 0.351. The number of imidazole rings is 1. The molecule has 0 bridgehead atoms. The molecule has 90 valence electrons. The molecule has 1 aromatic heterocycles. The molecule has 1 unspecified atom stereocenters. The zero-order chi connectivity index (χ0) is 12.4. The molecule has 1 N–H and O–H groups in total. The Morgan fingerprint density at radius 3 is 2.53 bits per heavy atom. The fraction of sp³-hybridized carbons (Fsp3) is 0.250. The number of nitrogens with zero attached hydrogens (tertiary/aromatic N) is 2. The van der Waals surface area contributed by atoms with Crippen molar-refractivity contribution in [2.24, 2.45) is 7.05 Å². The van der Waals surface area contributed by atoms with Crippen LogP contribution >= 0.6 is 23.2 Å². The van der Waals surface area contributed by atoms with Crippen LogP contribution in [0.2, 0.25) is 10.0 Å². The highest BCUT2D eigenvalue weighted by Crippen LogP contribution is 2.28. The van der Waals surface area contributed by atoms with Crippen molar-refractivity contribution in [3.63, 3.8) is 0 Å². The third kappa shape index (κ3) is 2.63. The molecule has 0 aliphatic heterocycles. The zero-order valence-electron chi connectivity index (χ0n) is 9.27. The summed E-state index contributed by atoms with van der Waals surface area (Å²) in [7, 11) is 1.83. The maximum absolute atomic E-state index is 10.1. The topological polar surface area (TPSA) is 38.0 Å². The van der Waals surface area contributed by atoms with E-state index in [-0.39, 0.29) is 0 Å². The first kappa shape index (κ1) is 12.4. The first-order valence-corrected chi connectivity index (χ1v) is 5.93. The van der Waals surface area contributed by atoms with Crippen molar-refractivity contribution in [3.8, 4) is 0 Å². The second-order valence-corrected chi connectivity index (χ2v) is 4.63. The van der Waals surface area contributed by atoms with Crippen molar-refractivity contribution in [2.75, 3.05) is 0 Å². The van der Waals surface area contributed by atoms with E-state index in [2.05, 4.69) is 4.98 Å². The van der Waals surface area contributed by atoms with E-state index in [1.165, 1.54) is 0 Å². The number of halogens is 2. The van der Waals surface area contributed by atoms with Crippen molar-refractivity contribution < 1.29 is 5.11 Å². The van der Waals surface area contributed by atoms with Crippen LogP contribution in [0.3, 0.4) is 0 Å². The van der Waals surface area contributed by atoms with Gasteiger partial charge in [0.15, 0.2) is 0 Å². The molecule has 0 fully saturated rings. The van der Waals surface area contributed by atoms with Crippen LogP contribution in [0.5, 0.6) is 0 Å². The second kappa shape index (κ2) is 5.08. The second-order valence-electron chi connectivity index (χ2n) is 3.82. The molecule has 0 spiro atoms. The Morgan fingerprint density at radius 2 is 2.00 bits per heavy atom. The van der Waals surface area contributed by atoms with Gasteiger partial charge in [0.1, 0.15) is 11.9 Å². The number of hydrogen-bond donors (Lipinski definition) is 1. The van der Waals surface area contributed by atoms with E-state index < -0.39 is 6.10 Å². The van der Waals surface area contributed by atoms with E-state index in [1.54, 1.807) is 35.2 Å². The van der Waals surface area contributed by atoms with E-state index >= 15 is 0 Å². The molecule has 1 atom stereocenters. The Labute approximate surface area is 110 Å². The summed E-state index contributed by atoms with van der Waals surface area (Å²) < 4.78 is 1.77. The van der Waals surface area contributed by atoms with Crippen molar-refractivity contribution in [2.45, 2.75) is 12.5 Å². The quantitative estimate of drug-likeness (QED) is 0.931. The van der Waals surface area contributed by atoms with Gasteiger partial charge in [0.05, 0.1) is 0 Å². The van der Waals surface area contributed by atoms with Gasteiger partial charge in [-0.1, -0.05) is 29.3 Å². The standard InChI is InChI=1S/C12H12Cl2N2O/c1-16-6-5-15-12(16)11(17)7-8-9(13)3-2-4-10(8)14/h2-6,11,17H,7H2,1H3. The average Bonchev–Trinajstić information content (AvgIpc) is 2.70. The fourth-order valence-corrected chi connectivity index (χ4v) is 2.26. The number of benzene rings is 1. The first-order valence-electron chi connectivity index (χ1n) is 5.17. The largest absolute Gasteiger partial charge is 0.385 e. The maximum Gasteiger partial charge on any atom is 0.137 e. The molecule has 0 radical (unpaired) electrons. The number of aromatic nitrogens is 2. The molecule has 5 heteroatoms. The van der Waals surface area contributed by atoms with Gasteiger partial charge in [-0.2, -0.15) is 0 Å². The van der Waals surface area contributed by atoms with Crippen LogP contribution in [0.25, 0.3) is 0 Å². The van der Waals surface area contributed by atoms with Crippen LogP contribution in [0.15, 0.2) is 30.6 Å². The van der Waals surface area contributed by atoms with Crippen molar-refractivity contribution >= 4 is 23.2 Å². The van der Waals surface area contributed by atoms with Gasteiger partial charge in [-0.25, -0.2) is 4.98 Å². The molecule has 0 saturated heterocycles. The predicted molar refractivity (Wildman–Crippen MR) is 68.3 cm³/mol. The molecule has 2 aromatic rings. The molecular weight excluding hydrogens is 259 g/mol. The van der Waals surface area contributed by atoms with Gasteiger partial charge in [-0.15, -0.1) is 0 Å². The van der Waals surface area contributed by atoms with E-state index in [4.69, 9.17) is 23.2 Å². The Hall–Kier alpha value is -1.03. The SMILES string of the molecule is Cn1ccnc1C(O)Cc1c(Cl)cccc1Cl. The normalized spacial score (nSPS) is 12.7. The van der Waals surface area contributed by atoms with Gasteiger partial charge in [-0.3, -0.25) is 0 Å². The molecule has 17 heavy (non-hydrogen) atoms. The molecule has 0 saturated carbocycles. The minimum atomic E-state index is -0.715. The monoisotopic (exact) mass is 270 g/mol. The lowest BCUT2D eigenvalue weighted by molar-refractivity contribution is 0.165. The number of hydrogen-bond acceptors (Lipinski definition) is 2. The summed E-state index contributed by atoms with van der Waals surface area (Å²) in [6.45, 7) is 0. The molecule has 1 heterocycles. The minimum Gasteiger partial charge on any atom is -0.385 e. The van der Waals surface area contributed by atoms with Gasteiger partial charge < -0.3 is 9.67 Å². The van der Waals surface area contributed by atoms with Gasteiger partial charge in [0, 0.05) is 35.9 Å². The number of rotatable bonds is 3. The maximum atomic E-state index is 10.1. The smallest absolute Gasteiger partial charge is 0.137 e. The Balaban J connectivity index is 2.25. The molecule has 0 aliphatic rings. The van der Waals surface area contributed by atoms with Crippen molar-refractivity contribution in [1.82, 2.24) is 9.55 Å². The van der Waals surface area contributed by atoms with Crippen LogP contribution in [0, 0.1) is 0 Å². The number of aliphatic hydroxyl groups excluding tert-OH is 1. The molecule has 1 aromatic carbocycles. The van der Waals surface area contributed by atoms with Gasteiger partial charge >= 0.3 is 0 Å². The number of aryl methyl sites for hydroxylation is 1. The summed E-state index contributed by atoms with van der Waals surface area (Å²) >= 11 is 12.1. The third-order valence-electron chi connectivity index (χ3n) is 2.62. The molecular formula is C12H12Cl2N2O. The lowest BCUT2D eigenvalue weighted by Crippen LogP contribution is -2.09. The van der Waals surface area contributed by atoms with Crippen LogP contribution in [0.1, 0.15) is 17.5 Å². The third-order valence-corrected chi connectivity index (χ3v) is 3.32. The highest BCUT2D eigenvalue weighted by Gasteiger charge is 2.16. The number of aliphatic hydroxyl groups is 1. The van der Waals surface area contributed by atoms with E-state index in [0.29, 0.717) is 22.3 Å². The van der Waals surface area contributed by atoms with Crippen LogP contribution in [-0.2, 0) is 13.5 Å². The van der Waals surface area contributed by atoms with Crippen LogP contribution < -0.4 is 0 Å². The first-order chi connectivity index (χ1) is 8.09. The van der Waals surface area contributed by atoms with E-state index in [9.17, 15) is 5.11 Å². The average molecular weight is 271 g/mol. The molecule has 3 nitrogen and oxygen atoms in total. The fourth-order valence-electron chi connectivity index (χ4n) is 1.71. The van der Waals surface area contributed by atoms with Gasteiger partial charge in [-0.05, 0) is 17.7 Å². The highest BCUT2D eigenvalue weighted by molar-refractivity contribution is 6.35. The Morgan fingerprint density at radius 1 is 1.35 bits per heavy atom. The Kier molecular flexibility index (Phi) is 3.72. The lowest BCUT2D eigenvalue weighted by atomic mass is 10.1. The predicted octanol–water partition coefficient (Wildman–Crippen LogP) is 3.00. The van der Waals surface area contributed by atoms with Crippen molar-refractivity contribution in [3.05, 3.63) is 52.0 Å². The summed E-state index contributed by atoms with van der Waals surface area (Å²) in [5.41, 5.74) is 0.742. The molecule has 0 aliphatic carbocycles. The summed E-state index contributed by atoms with van der Waals surface area (Å²) in [5.74, 6) is 0.598. The summed E-state index contributed by atoms with van der Waals surface area (Å²) in [4.78, 5) is 4.10. The van der Waals surface area contributed by atoms with Crippen molar-refractivity contribution in [1.29, 1.82) is 0 Å². The van der Waals surface area contributed by atoms with E-state index in [1.807, 2.05) is 7.05 Å². The molecule has 0 amide bonds. The van der Waals surface area contributed by atoms with Crippen LogP contribution in [0.4, 0.5) is 0 Å². The van der Waals surface area contributed by atoms with Gasteiger partial charge in [0.25, 0.3) is 0 Å². The highest BCUT2D eigenvalue weighted by atomic mass is 35.5. The molecule has 2 rings (SSSR count). The van der Waals surface area contributed by atoms with E-state index in [0.717, 1.165) is 5.56 Å².